The van der Waals surface area contributed by atoms with Crippen LogP contribution < -0.4 is 9.80 Å². The third-order valence-corrected chi connectivity index (χ3v) is 9.66. The molecule has 7 atom stereocenters. The van der Waals surface area contributed by atoms with E-state index in [1.54, 1.807) is 24.3 Å². The van der Waals surface area contributed by atoms with E-state index in [9.17, 15) is 19.2 Å². The Kier molecular flexibility index (Phi) is 4.93. The van der Waals surface area contributed by atoms with Gasteiger partial charge in [0, 0.05) is 11.8 Å². The molecular formula is C34H26N2O4. The van der Waals surface area contributed by atoms with E-state index in [2.05, 4.69) is 6.08 Å². The molecule has 0 N–H and O–H groups in total. The maximum Gasteiger partial charge on any atom is 0.238 e. The smallest absolute Gasteiger partial charge is 0.238 e. The van der Waals surface area contributed by atoms with Crippen LogP contribution in [0.4, 0.5) is 11.4 Å². The Bertz CT molecular complexity index is 1640. The van der Waals surface area contributed by atoms with Crippen LogP contribution >= 0.6 is 0 Å². The van der Waals surface area contributed by atoms with Gasteiger partial charge < -0.3 is 0 Å². The Morgan fingerprint density at radius 1 is 0.525 bits per heavy atom. The number of fused-ring (bicyclic) bond motifs is 1. The fourth-order valence-electron chi connectivity index (χ4n) is 8.18. The van der Waals surface area contributed by atoms with E-state index in [0.29, 0.717) is 17.8 Å². The maximum absolute atomic E-state index is 14.1. The van der Waals surface area contributed by atoms with Gasteiger partial charge in [-0.2, -0.15) is 0 Å². The molecule has 40 heavy (non-hydrogen) atoms. The summed E-state index contributed by atoms with van der Waals surface area (Å²) >= 11 is 0. The van der Waals surface area contributed by atoms with Gasteiger partial charge in [0.2, 0.25) is 23.6 Å². The lowest BCUT2D eigenvalue weighted by atomic mass is 9.49. The Morgan fingerprint density at radius 2 is 1.05 bits per heavy atom. The Balaban J connectivity index is 1.30. The topological polar surface area (TPSA) is 74.8 Å². The summed E-state index contributed by atoms with van der Waals surface area (Å²) in [6.07, 6.45) is 4.57. The highest BCUT2D eigenvalue weighted by Gasteiger charge is 2.67. The fourth-order valence-corrected chi connectivity index (χ4v) is 8.18. The van der Waals surface area contributed by atoms with Crippen LogP contribution in [0.3, 0.4) is 0 Å². The lowest BCUT2D eigenvalue weighted by Gasteiger charge is -2.51. The van der Waals surface area contributed by atoms with Crippen LogP contribution in [0.1, 0.15) is 12.0 Å². The number of hydrogen-bond acceptors (Lipinski definition) is 4. The molecule has 4 amide bonds. The van der Waals surface area contributed by atoms with Crippen LogP contribution in [-0.2, 0) is 19.2 Å². The number of nitrogens with zero attached hydrogens (tertiary/aromatic N) is 2. The molecule has 3 fully saturated rings. The molecule has 9 rings (SSSR count). The SMILES string of the molecule is O=C1[C@H]2[C@@H]3C=C[C@H](C4=C(c5ccccc5)C[C@H]5C(=O)N(c6ccccc6)C(=O)[C@H]5[C@H]43)[C@H]2C(=O)N1c1ccccc1. The van der Waals surface area contributed by atoms with Crippen LogP contribution in [0.25, 0.3) is 5.57 Å². The van der Waals surface area contributed by atoms with Crippen molar-refractivity contribution in [2.75, 3.05) is 9.80 Å². The van der Waals surface area contributed by atoms with Crippen LogP contribution in [0.5, 0.6) is 0 Å². The molecule has 6 aliphatic rings. The zero-order chi connectivity index (χ0) is 27.1. The monoisotopic (exact) mass is 526 g/mol. The number of amides is 4. The number of rotatable bonds is 3. The first kappa shape index (κ1) is 23.3. The maximum atomic E-state index is 14.1. The van der Waals surface area contributed by atoms with Crippen molar-refractivity contribution in [1.29, 1.82) is 0 Å². The van der Waals surface area contributed by atoms with Gasteiger partial charge in [0.1, 0.15) is 0 Å². The molecule has 0 unspecified atom stereocenters. The predicted octanol–water partition coefficient (Wildman–Crippen LogP) is 4.89. The van der Waals surface area contributed by atoms with Crippen LogP contribution in [-0.4, -0.2) is 23.6 Å². The number of anilines is 2. The predicted molar refractivity (Wildman–Crippen MR) is 149 cm³/mol. The number of allylic oxidation sites excluding steroid dienone is 4. The summed E-state index contributed by atoms with van der Waals surface area (Å²) in [5.41, 5.74) is 4.26. The Hall–Kier alpha value is -4.58. The normalized spacial score (nSPS) is 32.0. The standard InChI is InChI=1S/C34H26N2O4/c37-31-25-18-24(19-10-4-1-5-11-19)26-22-16-17-23(27(26)30(25)34(40)35(31)20-12-6-2-7-13-20)29-28(22)32(38)36(33(29)39)21-14-8-3-9-15-21/h1-17,22-23,25,27-30H,18H2/t22-,23-,25-,27+,28-,29+,30-/m1/s1. The highest BCUT2D eigenvalue weighted by atomic mass is 16.2. The van der Waals surface area contributed by atoms with Crippen LogP contribution in [0.2, 0.25) is 0 Å². The lowest BCUT2D eigenvalue weighted by molar-refractivity contribution is -0.129. The number of benzene rings is 3. The minimum absolute atomic E-state index is 0.180. The molecule has 2 bridgehead atoms. The second-order valence-corrected chi connectivity index (χ2v) is 11.4. The quantitative estimate of drug-likeness (QED) is 0.360. The number of carbonyl (C=O) groups excluding carboxylic acids is 4. The second kappa shape index (κ2) is 8.46. The first-order chi connectivity index (χ1) is 19.6. The molecule has 2 saturated heterocycles. The first-order valence-electron chi connectivity index (χ1n) is 13.9. The molecule has 0 aromatic heterocycles. The van der Waals surface area contributed by atoms with Gasteiger partial charge in [0.05, 0.1) is 35.0 Å². The van der Waals surface area contributed by atoms with Crippen molar-refractivity contribution in [3.8, 4) is 0 Å². The van der Waals surface area contributed by atoms with Gasteiger partial charge >= 0.3 is 0 Å². The first-order valence-corrected chi connectivity index (χ1v) is 13.9. The summed E-state index contributed by atoms with van der Waals surface area (Å²) in [7, 11) is 0. The molecule has 6 heteroatoms. The van der Waals surface area contributed by atoms with E-state index < -0.39 is 23.7 Å². The highest BCUT2D eigenvalue weighted by Crippen LogP contribution is 2.63. The largest absolute Gasteiger partial charge is 0.274 e. The lowest BCUT2D eigenvalue weighted by Crippen LogP contribution is -2.51. The fraction of sp³-hybridized carbons (Fsp3) is 0.235. The van der Waals surface area contributed by atoms with E-state index in [4.69, 9.17) is 0 Å². The summed E-state index contributed by atoms with van der Waals surface area (Å²) < 4.78 is 0. The van der Waals surface area contributed by atoms with Gasteiger partial charge in [-0.05, 0) is 47.7 Å². The van der Waals surface area contributed by atoms with Crippen LogP contribution in [0.15, 0.2) is 109 Å². The highest BCUT2D eigenvalue weighted by molar-refractivity contribution is 6.24. The third kappa shape index (κ3) is 2.99. The van der Waals surface area contributed by atoms with Crippen molar-refractivity contribution in [2.45, 2.75) is 6.42 Å². The second-order valence-electron chi connectivity index (χ2n) is 11.4. The van der Waals surface area contributed by atoms with Crippen molar-refractivity contribution in [1.82, 2.24) is 0 Å². The van der Waals surface area contributed by atoms with Crippen molar-refractivity contribution in [3.05, 3.63) is 114 Å². The Labute approximate surface area is 231 Å². The molecule has 4 aliphatic carbocycles. The molecule has 3 aromatic carbocycles. The minimum Gasteiger partial charge on any atom is -0.274 e. The van der Waals surface area contributed by atoms with Gasteiger partial charge in [-0.15, -0.1) is 0 Å². The zero-order valence-corrected chi connectivity index (χ0v) is 21.6. The summed E-state index contributed by atoms with van der Waals surface area (Å²) in [5, 5.41) is 0. The van der Waals surface area contributed by atoms with Crippen LogP contribution in [0, 0.1) is 41.4 Å². The van der Waals surface area contributed by atoms with Gasteiger partial charge in [-0.3, -0.25) is 29.0 Å². The van der Waals surface area contributed by atoms with E-state index in [-0.39, 0.29) is 41.4 Å². The van der Waals surface area contributed by atoms with Crippen molar-refractivity contribution in [2.24, 2.45) is 41.4 Å². The molecule has 196 valence electrons. The summed E-state index contributed by atoms with van der Waals surface area (Å²) in [4.78, 5) is 58.7. The molecule has 2 aliphatic heterocycles. The average molecular weight is 527 g/mol. The number of carbonyl (C=O) groups is 4. The van der Waals surface area contributed by atoms with Crippen molar-refractivity contribution in [3.63, 3.8) is 0 Å². The van der Waals surface area contributed by atoms with E-state index in [0.717, 1.165) is 16.7 Å². The molecule has 1 saturated carbocycles. The number of hydrogen-bond donors (Lipinski definition) is 0. The molecular weight excluding hydrogens is 500 g/mol. The van der Waals surface area contributed by atoms with E-state index >= 15 is 0 Å². The minimum atomic E-state index is -0.567. The average Bonchev–Trinajstić information content (AvgIpc) is 3.43. The Morgan fingerprint density at radius 3 is 1.68 bits per heavy atom. The summed E-state index contributed by atoms with van der Waals surface area (Å²) in [5.74, 6) is -3.88. The van der Waals surface area contributed by atoms with Gasteiger partial charge in [0.15, 0.2) is 0 Å². The number of para-hydroxylation sites is 2. The van der Waals surface area contributed by atoms with E-state index in [1.807, 2.05) is 72.8 Å². The van der Waals surface area contributed by atoms with Crippen molar-refractivity contribution < 1.29 is 19.2 Å². The molecule has 0 radical (unpaired) electrons. The molecule has 3 aromatic rings. The molecule has 0 spiro atoms. The molecule has 2 heterocycles. The summed E-state index contributed by atoms with van der Waals surface area (Å²) in [6.45, 7) is 0. The number of imide groups is 2. The van der Waals surface area contributed by atoms with Crippen molar-refractivity contribution >= 4 is 40.6 Å². The van der Waals surface area contributed by atoms with Gasteiger partial charge in [0.25, 0.3) is 0 Å². The molecule has 6 nitrogen and oxygen atoms in total. The van der Waals surface area contributed by atoms with E-state index in [1.165, 1.54) is 9.80 Å². The summed E-state index contributed by atoms with van der Waals surface area (Å²) in [6, 6.07) is 28.2. The van der Waals surface area contributed by atoms with Gasteiger partial charge in [-0.1, -0.05) is 84.5 Å². The zero-order valence-electron chi connectivity index (χ0n) is 21.6. The third-order valence-electron chi connectivity index (χ3n) is 9.66. The van der Waals surface area contributed by atoms with Gasteiger partial charge in [-0.25, -0.2) is 0 Å².